The zero-order valence-electron chi connectivity index (χ0n) is 15.0. The van der Waals surface area contributed by atoms with Crippen LogP contribution < -0.4 is 5.32 Å². The maximum atomic E-state index is 12.2. The Bertz CT molecular complexity index is 704. The molecule has 0 radical (unpaired) electrons. The molecule has 1 aliphatic rings. The first kappa shape index (κ1) is 18.5. The van der Waals surface area contributed by atoms with Gasteiger partial charge in [0.2, 0.25) is 5.91 Å². The summed E-state index contributed by atoms with van der Waals surface area (Å²) in [5.41, 5.74) is 1.12. The lowest BCUT2D eigenvalue weighted by Crippen LogP contribution is -2.37. The van der Waals surface area contributed by atoms with Gasteiger partial charge in [-0.2, -0.15) is 0 Å². The molecule has 25 heavy (non-hydrogen) atoms. The number of nitrogens with one attached hydrogen (secondary N) is 1. The van der Waals surface area contributed by atoms with Crippen LogP contribution >= 0.6 is 23.1 Å². The van der Waals surface area contributed by atoms with Crippen molar-refractivity contribution in [3.05, 3.63) is 16.3 Å². The fraction of sp³-hybridized carbons (Fsp3) is 0.611. The fourth-order valence-electron chi connectivity index (χ4n) is 3.22. The van der Waals surface area contributed by atoms with Crippen LogP contribution in [0.1, 0.15) is 50.8 Å². The van der Waals surface area contributed by atoms with Crippen molar-refractivity contribution in [3.8, 4) is 11.4 Å². The van der Waals surface area contributed by atoms with Crippen molar-refractivity contribution in [2.24, 2.45) is 0 Å². The van der Waals surface area contributed by atoms with E-state index in [4.69, 9.17) is 0 Å². The molecular weight excluding hydrogens is 352 g/mol. The average Bonchev–Trinajstić information content (AvgIpc) is 3.26. The second-order valence-electron chi connectivity index (χ2n) is 6.40. The fourth-order valence-corrected chi connectivity index (χ4v) is 4.85. The predicted molar refractivity (Wildman–Crippen MR) is 104 cm³/mol. The van der Waals surface area contributed by atoms with Gasteiger partial charge in [0.05, 0.1) is 5.75 Å². The molecular formula is C18H26N4OS2. The Morgan fingerprint density at radius 1 is 1.32 bits per heavy atom. The highest BCUT2D eigenvalue weighted by Gasteiger charge is 2.18. The summed E-state index contributed by atoms with van der Waals surface area (Å²) in [5, 5.41) is 14.8. The molecule has 1 fully saturated rings. The van der Waals surface area contributed by atoms with Crippen LogP contribution in [-0.4, -0.2) is 32.5 Å². The van der Waals surface area contributed by atoms with Crippen molar-refractivity contribution in [1.82, 2.24) is 20.1 Å². The van der Waals surface area contributed by atoms with Crippen molar-refractivity contribution >= 4 is 29.0 Å². The molecule has 136 valence electrons. The highest BCUT2D eigenvalue weighted by Crippen LogP contribution is 2.28. The minimum Gasteiger partial charge on any atom is -0.353 e. The molecule has 0 atom stereocenters. The van der Waals surface area contributed by atoms with Crippen LogP contribution in [0, 0.1) is 0 Å². The first-order valence-electron chi connectivity index (χ1n) is 9.14. The molecule has 0 aliphatic heterocycles. The molecule has 1 aliphatic carbocycles. The van der Waals surface area contributed by atoms with Gasteiger partial charge in [-0.25, -0.2) is 0 Å². The van der Waals surface area contributed by atoms with E-state index in [2.05, 4.69) is 45.4 Å². The predicted octanol–water partition coefficient (Wildman–Crippen LogP) is 4.13. The molecule has 5 nitrogen and oxygen atoms in total. The summed E-state index contributed by atoms with van der Waals surface area (Å²) in [5.74, 6) is 1.40. The van der Waals surface area contributed by atoms with E-state index in [0.717, 1.165) is 42.4 Å². The van der Waals surface area contributed by atoms with E-state index in [0.29, 0.717) is 11.8 Å². The average molecular weight is 379 g/mol. The molecule has 1 amide bonds. The van der Waals surface area contributed by atoms with Crippen molar-refractivity contribution in [1.29, 1.82) is 0 Å². The van der Waals surface area contributed by atoms with Crippen LogP contribution in [-0.2, 0) is 17.8 Å². The maximum absolute atomic E-state index is 12.2. The largest absolute Gasteiger partial charge is 0.353 e. The Labute approximate surface area is 157 Å². The normalized spacial score (nSPS) is 15.4. The van der Waals surface area contributed by atoms with Gasteiger partial charge in [-0.3, -0.25) is 4.79 Å². The molecule has 1 N–H and O–H groups in total. The lowest BCUT2D eigenvalue weighted by Gasteiger charge is -2.22. The Hall–Kier alpha value is -1.34. The van der Waals surface area contributed by atoms with Crippen molar-refractivity contribution in [2.75, 3.05) is 5.75 Å². The van der Waals surface area contributed by atoms with Crippen molar-refractivity contribution in [3.63, 3.8) is 0 Å². The number of aryl methyl sites for hydroxylation is 1. The number of thioether (sulfide) groups is 1. The second kappa shape index (κ2) is 8.85. The molecule has 7 heteroatoms. The zero-order valence-corrected chi connectivity index (χ0v) is 16.6. The third kappa shape index (κ3) is 4.64. The number of carbonyl (C=O) groups is 1. The van der Waals surface area contributed by atoms with Gasteiger partial charge < -0.3 is 9.88 Å². The van der Waals surface area contributed by atoms with Gasteiger partial charge in [0, 0.05) is 28.4 Å². The van der Waals surface area contributed by atoms with Crippen molar-refractivity contribution < 1.29 is 4.79 Å². The molecule has 0 bridgehead atoms. The van der Waals surface area contributed by atoms with Crippen LogP contribution in [0.4, 0.5) is 0 Å². The van der Waals surface area contributed by atoms with Crippen LogP contribution in [0.15, 0.2) is 16.6 Å². The standard InChI is InChI=1S/C18H26N4OS2/c1-3-15-10-13(11-24-15)17-20-21-18(22(17)4-2)25-12-16(23)19-14-8-6-5-7-9-14/h10-11,14H,3-9,12H2,1-2H3,(H,19,23). The molecule has 3 rings (SSSR count). The van der Waals surface area contributed by atoms with Gasteiger partial charge in [-0.05, 0) is 32.3 Å². The number of aromatic nitrogens is 3. The van der Waals surface area contributed by atoms with Crippen LogP contribution in [0.2, 0.25) is 0 Å². The lowest BCUT2D eigenvalue weighted by atomic mass is 9.95. The van der Waals surface area contributed by atoms with Gasteiger partial charge in [-0.1, -0.05) is 37.9 Å². The molecule has 2 aromatic rings. The number of rotatable bonds is 7. The Kier molecular flexibility index (Phi) is 6.53. The third-order valence-corrected chi connectivity index (χ3v) is 6.64. The van der Waals surface area contributed by atoms with E-state index in [9.17, 15) is 4.79 Å². The van der Waals surface area contributed by atoms with Gasteiger partial charge in [-0.15, -0.1) is 21.5 Å². The summed E-state index contributed by atoms with van der Waals surface area (Å²) in [4.78, 5) is 13.6. The smallest absolute Gasteiger partial charge is 0.230 e. The number of carbonyl (C=O) groups excluding carboxylic acids is 1. The van der Waals surface area contributed by atoms with Gasteiger partial charge >= 0.3 is 0 Å². The van der Waals surface area contributed by atoms with E-state index >= 15 is 0 Å². The molecule has 0 saturated heterocycles. The minimum atomic E-state index is 0.105. The first-order chi connectivity index (χ1) is 12.2. The summed E-state index contributed by atoms with van der Waals surface area (Å²) >= 11 is 3.24. The van der Waals surface area contributed by atoms with E-state index in [1.807, 2.05) is 0 Å². The van der Waals surface area contributed by atoms with Crippen LogP contribution in [0.3, 0.4) is 0 Å². The minimum absolute atomic E-state index is 0.105. The van der Waals surface area contributed by atoms with E-state index in [1.54, 1.807) is 11.3 Å². The summed E-state index contributed by atoms with van der Waals surface area (Å²) in [6, 6.07) is 2.55. The Morgan fingerprint density at radius 3 is 2.80 bits per heavy atom. The quantitative estimate of drug-likeness (QED) is 0.736. The topological polar surface area (TPSA) is 59.8 Å². The maximum Gasteiger partial charge on any atom is 0.230 e. The lowest BCUT2D eigenvalue weighted by molar-refractivity contribution is -0.119. The molecule has 0 spiro atoms. The molecule has 2 heterocycles. The van der Waals surface area contributed by atoms with Crippen LogP contribution in [0.5, 0.6) is 0 Å². The van der Waals surface area contributed by atoms with Gasteiger partial charge in [0.1, 0.15) is 0 Å². The van der Waals surface area contributed by atoms with Crippen molar-refractivity contribution in [2.45, 2.75) is 70.1 Å². The zero-order chi connectivity index (χ0) is 17.6. The number of amides is 1. The summed E-state index contributed by atoms with van der Waals surface area (Å²) in [6.45, 7) is 5.05. The highest BCUT2D eigenvalue weighted by molar-refractivity contribution is 7.99. The highest BCUT2D eigenvalue weighted by atomic mass is 32.2. The number of hydrogen-bond acceptors (Lipinski definition) is 5. The van der Waals surface area contributed by atoms with E-state index in [1.165, 1.54) is 35.9 Å². The number of nitrogens with zero attached hydrogens (tertiary/aromatic N) is 3. The Balaban J connectivity index is 1.61. The molecule has 0 aromatic carbocycles. The molecule has 0 unspecified atom stereocenters. The van der Waals surface area contributed by atoms with Crippen LogP contribution in [0.25, 0.3) is 11.4 Å². The third-order valence-electron chi connectivity index (χ3n) is 4.60. The summed E-state index contributed by atoms with van der Waals surface area (Å²) < 4.78 is 2.10. The van der Waals surface area contributed by atoms with Gasteiger partial charge in [0.15, 0.2) is 11.0 Å². The Morgan fingerprint density at radius 2 is 2.12 bits per heavy atom. The second-order valence-corrected chi connectivity index (χ2v) is 8.34. The van der Waals surface area contributed by atoms with Gasteiger partial charge in [0.25, 0.3) is 0 Å². The van der Waals surface area contributed by atoms with E-state index in [-0.39, 0.29) is 5.91 Å². The first-order valence-corrected chi connectivity index (χ1v) is 11.0. The number of thiophene rings is 1. The summed E-state index contributed by atoms with van der Waals surface area (Å²) in [7, 11) is 0. The number of hydrogen-bond donors (Lipinski definition) is 1. The molecule has 2 aromatic heterocycles. The molecule has 1 saturated carbocycles. The summed E-state index contributed by atoms with van der Waals surface area (Å²) in [6.07, 6.45) is 7.02. The monoisotopic (exact) mass is 378 g/mol. The SMILES string of the molecule is CCc1cc(-c2nnc(SCC(=O)NC3CCCCC3)n2CC)cs1. The van der Waals surface area contributed by atoms with E-state index < -0.39 is 0 Å².